The lowest BCUT2D eigenvalue weighted by Crippen LogP contribution is -1.99. The van der Waals surface area contributed by atoms with Crippen LogP contribution in [-0.2, 0) is 0 Å². The monoisotopic (exact) mass is 184 g/mol. The predicted molar refractivity (Wildman–Crippen MR) is 47.8 cm³/mol. The van der Waals surface area contributed by atoms with E-state index in [9.17, 15) is 4.79 Å². The first-order valence-corrected chi connectivity index (χ1v) is 4.15. The quantitative estimate of drug-likeness (QED) is 0.695. The molecule has 1 aromatic heterocycles. The Morgan fingerprint density at radius 2 is 2.67 bits per heavy atom. The van der Waals surface area contributed by atoms with Crippen molar-refractivity contribution in [3.63, 3.8) is 0 Å². The van der Waals surface area contributed by atoms with E-state index in [2.05, 4.69) is 16.9 Å². The van der Waals surface area contributed by atoms with Gasteiger partial charge in [0.2, 0.25) is 0 Å². The average molecular weight is 184 g/mol. The first-order valence-electron chi connectivity index (χ1n) is 3.27. The highest BCUT2D eigenvalue weighted by Crippen LogP contribution is 2.14. The molecule has 5 heteroatoms. The van der Waals surface area contributed by atoms with Gasteiger partial charge < -0.3 is 10.4 Å². The molecule has 2 N–H and O–H groups in total. The summed E-state index contributed by atoms with van der Waals surface area (Å²) in [5, 5.41) is 13.5. The van der Waals surface area contributed by atoms with Gasteiger partial charge >= 0.3 is 5.97 Å². The van der Waals surface area contributed by atoms with Gasteiger partial charge in [0.15, 0.2) is 10.8 Å². The summed E-state index contributed by atoms with van der Waals surface area (Å²) in [5.74, 6) is -1.00. The molecule has 0 radical (unpaired) electrons. The Hall–Kier alpha value is -1.36. The molecular formula is C7H8N2O2S. The van der Waals surface area contributed by atoms with Crippen LogP contribution in [0, 0.1) is 0 Å². The van der Waals surface area contributed by atoms with Crippen LogP contribution in [0.4, 0.5) is 5.13 Å². The SMILES string of the molecule is C=CCNc1nc(C(=O)O)cs1. The number of aromatic carboxylic acids is 1. The zero-order valence-electron chi connectivity index (χ0n) is 6.28. The average Bonchev–Trinajstić information content (AvgIpc) is 2.48. The third-order valence-electron chi connectivity index (χ3n) is 1.12. The highest BCUT2D eigenvalue weighted by atomic mass is 32.1. The molecule has 0 bridgehead atoms. The van der Waals surface area contributed by atoms with Crippen LogP contribution in [-0.4, -0.2) is 22.6 Å². The number of thiazole rings is 1. The molecule has 1 rings (SSSR count). The molecule has 0 fully saturated rings. The number of aromatic nitrogens is 1. The van der Waals surface area contributed by atoms with Crippen LogP contribution in [0.2, 0.25) is 0 Å². The lowest BCUT2D eigenvalue weighted by Gasteiger charge is -1.93. The van der Waals surface area contributed by atoms with E-state index in [4.69, 9.17) is 5.11 Å². The summed E-state index contributed by atoms with van der Waals surface area (Å²) in [7, 11) is 0. The summed E-state index contributed by atoms with van der Waals surface area (Å²) in [5.41, 5.74) is 0.0755. The maximum Gasteiger partial charge on any atom is 0.355 e. The fourth-order valence-electron chi connectivity index (χ4n) is 0.613. The number of hydrogen-bond acceptors (Lipinski definition) is 4. The number of carboxylic acids is 1. The molecule has 0 saturated carbocycles. The Morgan fingerprint density at radius 1 is 1.92 bits per heavy atom. The topological polar surface area (TPSA) is 62.2 Å². The van der Waals surface area contributed by atoms with Crippen LogP contribution in [0.25, 0.3) is 0 Å². The van der Waals surface area contributed by atoms with E-state index in [1.165, 1.54) is 16.7 Å². The van der Waals surface area contributed by atoms with Crippen molar-refractivity contribution in [1.82, 2.24) is 4.98 Å². The van der Waals surface area contributed by atoms with Crippen molar-refractivity contribution < 1.29 is 9.90 Å². The predicted octanol–water partition coefficient (Wildman–Crippen LogP) is 1.44. The smallest absolute Gasteiger partial charge is 0.355 e. The largest absolute Gasteiger partial charge is 0.476 e. The van der Waals surface area contributed by atoms with Gasteiger partial charge in [-0.05, 0) is 0 Å². The van der Waals surface area contributed by atoms with Gasteiger partial charge in [-0.1, -0.05) is 6.08 Å². The second-order valence-electron chi connectivity index (χ2n) is 2.01. The molecule has 0 atom stereocenters. The Morgan fingerprint density at radius 3 is 3.17 bits per heavy atom. The zero-order chi connectivity index (χ0) is 8.97. The molecule has 12 heavy (non-hydrogen) atoms. The summed E-state index contributed by atoms with van der Waals surface area (Å²) in [4.78, 5) is 14.2. The van der Waals surface area contributed by atoms with Gasteiger partial charge in [0.05, 0.1) is 0 Å². The van der Waals surface area contributed by atoms with Crippen molar-refractivity contribution >= 4 is 22.4 Å². The van der Waals surface area contributed by atoms with Crippen molar-refractivity contribution in [3.05, 3.63) is 23.7 Å². The van der Waals surface area contributed by atoms with Crippen LogP contribution in [0.15, 0.2) is 18.0 Å². The zero-order valence-corrected chi connectivity index (χ0v) is 7.10. The Bertz CT molecular complexity index is 295. The van der Waals surface area contributed by atoms with Crippen molar-refractivity contribution in [2.45, 2.75) is 0 Å². The molecular weight excluding hydrogens is 176 g/mol. The van der Waals surface area contributed by atoms with Crippen LogP contribution in [0.5, 0.6) is 0 Å². The standard InChI is InChI=1S/C7H8N2O2S/c1-2-3-8-7-9-5(4-12-7)6(10)11/h2,4H,1,3H2,(H,8,9)(H,10,11). The molecule has 4 nitrogen and oxygen atoms in total. The first kappa shape index (κ1) is 8.73. The number of anilines is 1. The first-order chi connectivity index (χ1) is 5.74. The number of hydrogen-bond donors (Lipinski definition) is 2. The number of carboxylic acid groups (broad SMARTS) is 1. The molecule has 0 spiro atoms. The van der Waals surface area contributed by atoms with Crippen LogP contribution < -0.4 is 5.32 Å². The van der Waals surface area contributed by atoms with E-state index in [-0.39, 0.29) is 5.69 Å². The number of carbonyl (C=O) groups is 1. The second-order valence-corrected chi connectivity index (χ2v) is 2.87. The van der Waals surface area contributed by atoms with Gasteiger partial charge in [0, 0.05) is 11.9 Å². The Labute approximate surface area is 73.6 Å². The molecule has 0 saturated heterocycles. The highest BCUT2D eigenvalue weighted by molar-refractivity contribution is 7.13. The van der Waals surface area contributed by atoms with E-state index in [0.717, 1.165) is 0 Å². The molecule has 64 valence electrons. The summed E-state index contributed by atoms with van der Waals surface area (Å²) in [6, 6.07) is 0. The van der Waals surface area contributed by atoms with Crippen molar-refractivity contribution in [2.75, 3.05) is 11.9 Å². The van der Waals surface area contributed by atoms with Gasteiger partial charge in [-0.3, -0.25) is 0 Å². The number of rotatable bonds is 4. The number of nitrogens with zero attached hydrogens (tertiary/aromatic N) is 1. The molecule has 1 heterocycles. The lowest BCUT2D eigenvalue weighted by molar-refractivity contribution is 0.0691. The third-order valence-corrected chi connectivity index (χ3v) is 1.92. The summed E-state index contributed by atoms with van der Waals surface area (Å²) in [6.45, 7) is 4.11. The minimum Gasteiger partial charge on any atom is -0.476 e. The molecule has 0 aliphatic rings. The molecule has 0 unspecified atom stereocenters. The normalized spacial score (nSPS) is 9.33. The summed E-state index contributed by atoms with van der Waals surface area (Å²) in [6.07, 6.45) is 1.68. The molecule has 0 aliphatic heterocycles. The van der Waals surface area contributed by atoms with Crippen LogP contribution >= 0.6 is 11.3 Å². The van der Waals surface area contributed by atoms with Crippen molar-refractivity contribution in [3.8, 4) is 0 Å². The third kappa shape index (κ3) is 2.06. The summed E-state index contributed by atoms with van der Waals surface area (Å²) >= 11 is 1.27. The van der Waals surface area contributed by atoms with E-state index < -0.39 is 5.97 Å². The maximum absolute atomic E-state index is 10.4. The summed E-state index contributed by atoms with van der Waals surface area (Å²) < 4.78 is 0. The molecule has 0 aliphatic carbocycles. The molecule has 1 aromatic rings. The second kappa shape index (κ2) is 3.87. The number of nitrogens with one attached hydrogen (secondary N) is 1. The maximum atomic E-state index is 10.4. The minimum atomic E-state index is -1.00. The van der Waals surface area contributed by atoms with Gasteiger partial charge in [0.1, 0.15) is 0 Å². The van der Waals surface area contributed by atoms with Crippen LogP contribution in [0.1, 0.15) is 10.5 Å². The fraction of sp³-hybridized carbons (Fsp3) is 0.143. The van der Waals surface area contributed by atoms with E-state index >= 15 is 0 Å². The van der Waals surface area contributed by atoms with Gasteiger partial charge in [-0.15, -0.1) is 17.9 Å². The van der Waals surface area contributed by atoms with Gasteiger partial charge in [0.25, 0.3) is 0 Å². The van der Waals surface area contributed by atoms with Gasteiger partial charge in [-0.25, -0.2) is 9.78 Å². The van der Waals surface area contributed by atoms with Gasteiger partial charge in [-0.2, -0.15) is 0 Å². The van der Waals surface area contributed by atoms with Crippen LogP contribution in [0.3, 0.4) is 0 Å². The van der Waals surface area contributed by atoms with Crippen molar-refractivity contribution in [1.29, 1.82) is 0 Å². The fourth-order valence-corrected chi connectivity index (χ4v) is 1.31. The molecule has 0 aromatic carbocycles. The van der Waals surface area contributed by atoms with E-state index in [0.29, 0.717) is 11.7 Å². The van der Waals surface area contributed by atoms with Crippen molar-refractivity contribution in [2.24, 2.45) is 0 Å². The lowest BCUT2D eigenvalue weighted by atomic mass is 10.5. The Kier molecular flexibility index (Phi) is 2.82. The minimum absolute atomic E-state index is 0.0755. The van der Waals surface area contributed by atoms with E-state index in [1.807, 2.05) is 0 Å². The Balaban J connectivity index is 2.64. The molecule has 0 amide bonds. The van der Waals surface area contributed by atoms with E-state index in [1.54, 1.807) is 6.08 Å². The highest BCUT2D eigenvalue weighted by Gasteiger charge is 2.06.